The molecule has 0 fully saturated rings. The fraction of sp³-hybridized carbons (Fsp3) is 0.488. The van der Waals surface area contributed by atoms with Gasteiger partial charge in [0.25, 0.3) is 23.6 Å². The number of esters is 4. The Balaban J connectivity index is 1.10. The second-order valence-electron chi connectivity index (χ2n) is 15.7. The molecule has 0 bridgehead atoms. The summed E-state index contributed by atoms with van der Waals surface area (Å²) in [6.07, 6.45) is 4.67. The Hall–Kier alpha value is -5.42. The first kappa shape index (κ1) is 44.1. The van der Waals surface area contributed by atoms with Crippen molar-refractivity contribution in [2.24, 2.45) is 17.8 Å². The van der Waals surface area contributed by atoms with Crippen molar-refractivity contribution in [3.05, 3.63) is 66.9 Å². The quantitative estimate of drug-likeness (QED) is 0.0969. The van der Waals surface area contributed by atoms with Crippen LogP contribution >= 0.6 is 22.7 Å². The first-order valence-electron chi connectivity index (χ1n) is 20.2. The Morgan fingerprint density at radius 1 is 0.717 bits per heavy atom. The largest absolute Gasteiger partial charge is 0.462 e. The Morgan fingerprint density at radius 3 is 1.72 bits per heavy atom. The van der Waals surface area contributed by atoms with E-state index in [0.29, 0.717) is 45.8 Å². The van der Waals surface area contributed by atoms with Crippen LogP contribution in [-0.4, -0.2) is 84.9 Å². The first-order valence-corrected chi connectivity index (χ1v) is 21.8. The van der Waals surface area contributed by atoms with Gasteiger partial charge in [-0.15, -0.1) is 22.7 Å². The van der Waals surface area contributed by atoms with E-state index < -0.39 is 66.8 Å². The second kappa shape index (κ2) is 18.9. The number of amides is 4. The third-order valence-electron chi connectivity index (χ3n) is 10.6. The Bertz CT molecular complexity index is 2240. The van der Waals surface area contributed by atoms with Gasteiger partial charge in [-0.25, -0.2) is 19.2 Å². The monoisotopic (exact) mass is 863 g/mol. The lowest BCUT2D eigenvalue weighted by atomic mass is 9.88. The van der Waals surface area contributed by atoms with Crippen LogP contribution in [0.1, 0.15) is 133 Å². The van der Waals surface area contributed by atoms with Crippen molar-refractivity contribution in [1.82, 2.24) is 4.90 Å². The molecule has 1 aromatic carbocycles. The molecule has 1 aliphatic heterocycles. The summed E-state index contributed by atoms with van der Waals surface area (Å²) in [5, 5.41) is 6.01. The van der Waals surface area contributed by atoms with Crippen LogP contribution in [0.3, 0.4) is 0 Å². The van der Waals surface area contributed by atoms with Crippen molar-refractivity contribution in [2.75, 3.05) is 37.1 Å². The summed E-state index contributed by atoms with van der Waals surface area (Å²) < 4.78 is 21.2. The van der Waals surface area contributed by atoms with Gasteiger partial charge in [-0.05, 0) is 106 Å². The minimum Gasteiger partial charge on any atom is -0.462 e. The van der Waals surface area contributed by atoms with E-state index in [1.54, 1.807) is 27.7 Å². The Kier molecular flexibility index (Phi) is 13.9. The third kappa shape index (κ3) is 9.46. The van der Waals surface area contributed by atoms with Crippen LogP contribution in [0.5, 0.6) is 0 Å². The zero-order valence-electron chi connectivity index (χ0n) is 34.5. The summed E-state index contributed by atoms with van der Waals surface area (Å²) in [4.78, 5) is 109. The number of carbonyl (C=O) groups excluding carboxylic acids is 8. The number of imide groups is 1. The van der Waals surface area contributed by atoms with Crippen LogP contribution in [0.25, 0.3) is 0 Å². The van der Waals surface area contributed by atoms with E-state index in [1.807, 2.05) is 0 Å². The fourth-order valence-electron chi connectivity index (χ4n) is 7.71. The van der Waals surface area contributed by atoms with Gasteiger partial charge in [0, 0.05) is 9.75 Å². The third-order valence-corrected chi connectivity index (χ3v) is 12.9. The minimum absolute atomic E-state index is 0.0168. The van der Waals surface area contributed by atoms with Gasteiger partial charge in [0.1, 0.15) is 16.0 Å². The SMILES string of the molecule is CCOC(=O)c1c(NC(=O)COC(=O)c2ccc3c(c2)C(=O)N([C@H](CC(C)C)C(=O)OCC(=O)Nc2sc4c(c2C(=O)OCC)CC[C@@H](C)C4)C3=O)sc2c1CC[C@@H](C)C2. The summed E-state index contributed by atoms with van der Waals surface area (Å²) in [5.74, 6) is -5.43. The molecule has 0 unspecified atom stereocenters. The molecule has 2 N–H and O–H groups in total. The summed E-state index contributed by atoms with van der Waals surface area (Å²) in [6.45, 7) is 10.1. The molecule has 3 aliphatic rings. The highest BCUT2D eigenvalue weighted by Gasteiger charge is 2.44. The van der Waals surface area contributed by atoms with E-state index in [-0.39, 0.29) is 42.2 Å². The van der Waals surface area contributed by atoms with Gasteiger partial charge in [0.2, 0.25) is 0 Å². The number of carbonyl (C=O) groups is 8. The minimum atomic E-state index is -1.40. The fourth-order valence-corrected chi connectivity index (χ4v) is 10.5. The van der Waals surface area contributed by atoms with Crippen molar-refractivity contribution in [1.29, 1.82) is 0 Å². The number of rotatable bonds is 15. The number of fused-ring (bicyclic) bond motifs is 3. The van der Waals surface area contributed by atoms with E-state index in [2.05, 4.69) is 24.5 Å². The van der Waals surface area contributed by atoms with Gasteiger partial charge in [-0.3, -0.25) is 24.1 Å². The normalized spacial score (nSPS) is 17.3. The number of nitrogens with one attached hydrogen (secondary N) is 2. The summed E-state index contributed by atoms with van der Waals surface area (Å²) >= 11 is 2.58. The molecule has 0 saturated carbocycles. The molecule has 60 heavy (non-hydrogen) atoms. The van der Waals surface area contributed by atoms with Crippen LogP contribution in [0, 0.1) is 17.8 Å². The molecule has 4 amide bonds. The van der Waals surface area contributed by atoms with Gasteiger partial charge >= 0.3 is 23.9 Å². The van der Waals surface area contributed by atoms with E-state index in [1.165, 1.54) is 34.8 Å². The molecule has 0 radical (unpaired) electrons. The van der Waals surface area contributed by atoms with Crippen LogP contribution in [0.4, 0.5) is 10.0 Å². The van der Waals surface area contributed by atoms with Crippen LogP contribution < -0.4 is 10.6 Å². The van der Waals surface area contributed by atoms with Crippen molar-refractivity contribution in [3.8, 4) is 0 Å². The van der Waals surface area contributed by atoms with Gasteiger partial charge in [0.05, 0.1) is 41.0 Å². The molecule has 2 aromatic heterocycles. The highest BCUT2D eigenvalue weighted by molar-refractivity contribution is 7.17. The van der Waals surface area contributed by atoms with Crippen molar-refractivity contribution in [2.45, 2.75) is 92.5 Å². The number of anilines is 2. The average Bonchev–Trinajstić information content (AvgIpc) is 3.82. The predicted octanol–water partition coefficient (Wildman–Crippen LogP) is 6.40. The smallest absolute Gasteiger partial charge is 0.341 e. The van der Waals surface area contributed by atoms with Crippen molar-refractivity contribution >= 4 is 80.2 Å². The van der Waals surface area contributed by atoms with E-state index in [4.69, 9.17) is 18.9 Å². The number of hydrogen-bond acceptors (Lipinski definition) is 14. The average molecular weight is 864 g/mol. The Labute approximate surface area is 355 Å². The number of benzene rings is 1. The maximum atomic E-state index is 13.8. The molecular weight excluding hydrogens is 815 g/mol. The van der Waals surface area contributed by atoms with Crippen LogP contribution in [-0.2, 0) is 59.0 Å². The zero-order chi connectivity index (χ0) is 43.4. The number of thiophene rings is 2. The molecule has 320 valence electrons. The molecule has 3 heterocycles. The van der Waals surface area contributed by atoms with Gasteiger partial charge in [-0.2, -0.15) is 0 Å². The topological polar surface area (TPSA) is 201 Å². The molecular formula is C43H49N3O12S2. The van der Waals surface area contributed by atoms with Crippen LogP contribution in [0.15, 0.2) is 18.2 Å². The number of ether oxygens (including phenoxy) is 4. The summed E-state index contributed by atoms with van der Waals surface area (Å²) in [5.41, 5.74) is 1.99. The number of nitrogens with zero attached hydrogens (tertiary/aromatic N) is 1. The zero-order valence-corrected chi connectivity index (χ0v) is 36.1. The molecule has 6 rings (SSSR count). The molecule has 3 aromatic rings. The maximum absolute atomic E-state index is 13.8. The van der Waals surface area contributed by atoms with Gasteiger partial charge in [0.15, 0.2) is 13.2 Å². The maximum Gasteiger partial charge on any atom is 0.341 e. The van der Waals surface area contributed by atoms with Crippen LogP contribution in [0.2, 0.25) is 0 Å². The molecule has 0 spiro atoms. The lowest BCUT2D eigenvalue weighted by Gasteiger charge is -2.25. The highest BCUT2D eigenvalue weighted by Crippen LogP contribution is 2.41. The molecule has 0 saturated heterocycles. The summed E-state index contributed by atoms with van der Waals surface area (Å²) in [6, 6.07) is 2.30. The standard InChI is InChI=1S/C43H49N3O12S2/c1-7-55-42(53)34-26-12-9-22(5)16-30(26)59-36(34)44-32(47)19-57-40(51)24-11-14-25-28(18-24)39(50)46(38(25)49)29(15-21(3)4)41(52)58-20-33(48)45-37-35(43(54)56-8-2)27-13-10-23(6)17-31(27)60-37/h11,14,18,21-23,29H,7-10,12-13,15-17,19-20H2,1-6H3,(H,44,47)(H,45,48)/t22-,23-,29-/m1/s1. The number of hydrogen-bond donors (Lipinski definition) is 2. The Morgan fingerprint density at radius 2 is 1.22 bits per heavy atom. The predicted molar refractivity (Wildman–Crippen MR) is 222 cm³/mol. The van der Waals surface area contributed by atoms with E-state index >= 15 is 0 Å². The molecule has 15 nitrogen and oxygen atoms in total. The highest BCUT2D eigenvalue weighted by atomic mass is 32.1. The molecule has 17 heteroatoms. The molecule has 2 aliphatic carbocycles. The lowest BCUT2D eigenvalue weighted by Crippen LogP contribution is -2.46. The lowest BCUT2D eigenvalue weighted by molar-refractivity contribution is -0.151. The van der Waals surface area contributed by atoms with Gasteiger partial charge in [-0.1, -0.05) is 27.7 Å². The van der Waals surface area contributed by atoms with Gasteiger partial charge < -0.3 is 29.6 Å². The van der Waals surface area contributed by atoms with E-state index in [9.17, 15) is 38.4 Å². The van der Waals surface area contributed by atoms with Crippen molar-refractivity contribution in [3.63, 3.8) is 0 Å². The second-order valence-corrected chi connectivity index (χ2v) is 17.9. The summed E-state index contributed by atoms with van der Waals surface area (Å²) in [7, 11) is 0. The van der Waals surface area contributed by atoms with Crippen molar-refractivity contribution < 1.29 is 57.3 Å². The molecule has 3 atom stereocenters. The first-order chi connectivity index (χ1) is 28.6. The van der Waals surface area contributed by atoms with E-state index in [0.717, 1.165) is 57.5 Å².